The monoisotopic (exact) mass is 212 g/mol. The van der Waals surface area contributed by atoms with Crippen molar-refractivity contribution in [2.24, 2.45) is 5.41 Å². The van der Waals surface area contributed by atoms with Crippen LogP contribution in [0, 0.1) is 5.41 Å². The average Bonchev–Trinajstić information content (AvgIpc) is 2.32. The van der Waals surface area contributed by atoms with E-state index in [0.29, 0.717) is 6.61 Å². The number of methoxy groups -OCH3 is 1. The summed E-state index contributed by atoms with van der Waals surface area (Å²) in [6, 6.07) is 0. The molecule has 3 heteroatoms. The SMILES string of the molecule is CCOC(=O)C12CCC(OC)(CC1)CC2. The minimum atomic E-state index is -0.170. The van der Waals surface area contributed by atoms with Gasteiger partial charge in [-0.15, -0.1) is 0 Å². The van der Waals surface area contributed by atoms with E-state index in [1.54, 1.807) is 7.11 Å². The molecule has 0 unspecified atom stereocenters. The van der Waals surface area contributed by atoms with E-state index in [0.717, 1.165) is 38.5 Å². The van der Waals surface area contributed by atoms with Gasteiger partial charge in [0, 0.05) is 7.11 Å². The van der Waals surface area contributed by atoms with Crippen LogP contribution in [0.2, 0.25) is 0 Å². The Kier molecular flexibility index (Phi) is 2.75. The Morgan fingerprint density at radius 1 is 1.13 bits per heavy atom. The molecule has 0 spiro atoms. The molecule has 15 heavy (non-hydrogen) atoms. The van der Waals surface area contributed by atoms with Crippen LogP contribution in [0.3, 0.4) is 0 Å². The van der Waals surface area contributed by atoms with E-state index in [4.69, 9.17) is 9.47 Å². The van der Waals surface area contributed by atoms with Gasteiger partial charge in [-0.1, -0.05) is 0 Å². The van der Waals surface area contributed by atoms with Crippen LogP contribution in [0.1, 0.15) is 45.4 Å². The first-order valence-corrected chi connectivity index (χ1v) is 5.89. The van der Waals surface area contributed by atoms with E-state index in [1.807, 2.05) is 6.92 Å². The van der Waals surface area contributed by atoms with Crippen molar-refractivity contribution < 1.29 is 14.3 Å². The highest BCUT2D eigenvalue weighted by Gasteiger charge is 2.53. The van der Waals surface area contributed by atoms with Crippen molar-refractivity contribution in [1.82, 2.24) is 0 Å². The Morgan fingerprint density at radius 3 is 2.07 bits per heavy atom. The number of carbonyl (C=O) groups excluding carboxylic acids is 1. The Labute approximate surface area is 91.1 Å². The minimum absolute atomic E-state index is 0.0226. The second-order valence-corrected chi connectivity index (χ2v) is 4.89. The molecular formula is C12H20O3. The smallest absolute Gasteiger partial charge is 0.312 e. The summed E-state index contributed by atoms with van der Waals surface area (Å²) < 4.78 is 10.8. The highest BCUT2D eigenvalue weighted by molar-refractivity contribution is 5.77. The van der Waals surface area contributed by atoms with Gasteiger partial charge in [-0.2, -0.15) is 0 Å². The van der Waals surface area contributed by atoms with Crippen molar-refractivity contribution in [3.05, 3.63) is 0 Å². The lowest BCUT2D eigenvalue weighted by molar-refractivity contribution is -0.174. The standard InChI is InChI=1S/C12H20O3/c1-3-15-10(13)11-4-7-12(14-2,8-5-11)9-6-11/h3-9H2,1-2H3. The molecule has 0 atom stereocenters. The molecule has 3 aliphatic rings. The molecule has 0 radical (unpaired) electrons. The summed E-state index contributed by atoms with van der Waals surface area (Å²) in [5.74, 6) is 0.0226. The van der Waals surface area contributed by atoms with Gasteiger partial charge in [0.1, 0.15) is 0 Å². The van der Waals surface area contributed by atoms with Crippen molar-refractivity contribution in [1.29, 1.82) is 0 Å². The molecule has 3 saturated carbocycles. The van der Waals surface area contributed by atoms with Crippen LogP contribution in [0.4, 0.5) is 0 Å². The van der Waals surface area contributed by atoms with Gasteiger partial charge in [-0.3, -0.25) is 4.79 Å². The Bertz CT molecular complexity index is 235. The second-order valence-electron chi connectivity index (χ2n) is 4.89. The minimum Gasteiger partial charge on any atom is -0.466 e. The first-order chi connectivity index (χ1) is 7.16. The summed E-state index contributed by atoms with van der Waals surface area (Å²) >= 11 is 0. The van der Waals surface area contributed by atoms with Gasteiger partial charge in [-0.25, -0.2) is 0 Å². The number of carbonyl (C=O) groups is 1. The lowest BCUT2D eigenvalue weighted by Crippen LogP contribution is -2.50. The predicted octanol–water partition coefficient (Wildman–Crippen LogP) is 2.29. The molecule has 3 fully saturated rings. The third kappa shape index (κ3) is 1.67. The van der Waals surface area contributed by atoms with Crippen LogP contribution >= 0.6 is 0 Å². The van der Waals surface area contributed by atoms with Crippen LogP contribution in [-0.4, -0.2) is 25.3 Å². The van der Waals surface area contributed by atoms with E-state index < -0.39 is 0 Å². The third-order valence-electron chi connectivity index (χ3n) is 4.32. The molecule has 2 bridgehead atoms. The largest absolute Gasteiger partial charge is 0.466 e. The molecule has 0 aromatic rings. The zero-order valence-corrected chi connectivity index (χ0v) is 9.67. The first-order valence-electron chi connectivity index (χ1n) is 5.89. The maximum absolute atomic E-state index is 11.9. The number of fused-ring (bicyclic) bond motifs is 3. The topological polar surface area (TPSA) is 35.5 Å². The number of esters is 1. The number of ether oxygens (including phenoxy) is 2. The first kappa shape index (κ1) is 10.9. The van der Waals surface area contributed by atoms with Crippen molar-refractivity contribution in [3.8, 4) is 0 Å². The maximum Gasteiger partial charge on any atom is 0.312 e. The quantitative estimate of drug-likeness (QED) is 0.673. The van der Waals surface area contributed by atoms with E-state index in [2.05, 4.69) is 0 Å². The summed E-state index contributed by atoms with van der Waals surface area (Å²) in [5, 5.41) is 0. The van der Waals surface area contributed by atoms with E-state index in [9.17, 15) is 4.79 Å². The molecule has 0 N–H and O–H groups in total. The molecule has 3 rings (SSSR count). The van der Waals surface area contributed by atoms with Crippen LogP contribution in [0.25, 0.3) is 0 Å². The fourth-order valence-corrected chi connectivity index (χ4v) is 3.05. The summed E-state index contributed by atoms with van der Waals surface area (Å²) in [4.78, 5) is 11.9. The van der Waals surface area contributed by atoms with Crippen molar-refractivity contribution in [3.63, 3.8) is 0 Å². The lowest BCUT2D eigenvalue weighted by atomic mass is 9.58. The number of rotatable bonds is 3. The molecule has 86 valence electrons. The molecule has 0 aromatic carbocycles. The zero-order valence-electron chi connectivity index (χ0n) is 9.67. The van der Waals surface area contributed by atoms with Gasteiger partial charge >= 0.3 is 5.97 Å². The molecule has 3 nitrogen and oxygen atoms in total. The molecule has 3 aliphatic carbocycles. The van der Waals surface area contributed by atoms with Crippen molar-refractivity contribution in [2.75, 3.05) is 13.7 Å². The van der Waals surface area contributed by atoms with E-state index in [1.165, 1.54) is 0 Å². The van der Waals surface area contributed by atoms with Gasteiger partial charge in [0.2, 0.25) is 0 Å². The van der Waals surface area contributed by atoms with Gasteiger partial charge in [0.25, 0.3) is 0 Å². The lowest BCUT2D eigenvalue weighted by Gasteiger charge is -2.50. The van der Waals surface area contributed by atoms with Crippen LogP contribution < -0.4 is 0 Å². The maximum atomic E-state index is 11.9. The van der Waals surface area contributed by atoms with E-state index in [-0.39, 0.29) is 17.0 Å². The van der Waals surface area contributed by atoms with Crippen LogP contribution in [0.5, 0.6) is 0 Å². The van der Waals surface area contributed by atoms with Gasteiger partial charge < -0.3 is 9.47 Å². The highest BCUT2D eigenvalue weighted by atomic mass is 16.5. The fraction of sp³-hybridized carbons (Fsp3) is 0.917. The number of hydrogen-bond donors (Lipinski definition) is 0. The molecule has 0 heterocycles. The van der Waals surface area contributed by atoms with Gasteiger partial charge in [-0.05, 0) is 45.4 Å². The molecule has 0 amide bonds. The highest BCUT2D eigenvalue weighted by Crippen LogP contribution is 2.54. The Hall–Kier alpha value is -0.570. The zero-order chi connectivity index (χ0) is 10.9. The fourth-order valence-electron chi connectivity index (χ4n) is 3.05. The average molecular weight is 212 g/mol. The summed E-state index contributed by atoms with van der Waals surface area (Å²) in [6.07, 6.45) is 5.88. The Morgan fingerprint density at radius 2 is 1.67 bits per heavy atom. The predicted molar refractivity (Wildman–Crippen MR) is 56.5 cm³/mol. The summed E-state index contributed by atoms with van der Waals surface area (Å²) in [7, 11) is 1.79. The third-order valence-corrected chi connectivity index (χ3v) is 4.32. The summed E-state index contributed by atoms with van der Waals surface area (Å²) in [5.41, 5.74) is -0.0927. The van der Waals surface area contributed by atoms with Crippen LogP contribution in [0.15, 0.2) is 0 Å². The van der Waals surface area contributed by atoms with Gasteiger partial charge in [0.05, 0.1) is 17.6 Å². The molecular weight excluding hydrogens is 192 g/mol. The van der Waals surface area contributed by atoms with E-state index >= 15 is 0 Å². The van der Waals surface area contributed by atoms with Crippen LogP contribution in [-0.2, 0) is 14.3 Å². The van der Waals surface area contributed by atoms with Crippen molar-refractivity contribution in [2.45, 2.75) is 51.0 Å². The second kappa shape index (κ2) is 3.78. The van der Waals surface area contributed by atoms with Gasteiger partial charge in [0.15, 0.2) is 0 Å². The molecule has 0 aliphatic heterocycles. The Balaban J connectivity index is 2.06. The molecule has 0 aromatic heterocycles. The van der Waals surface area contributed by atoms with Crippen molar-refractivity contribution >= 4 is 5.97 Å². The summed E-state index contributed by atoms with van der Waals surface area (Å²) in [6.45, 7) is 2.37. The normalized spacial score (nSPS) is 39.1. The number of hydrogen-bond acceptors (Lipinski definition) is 3. The molecule has 0 saturated heterocycles.